The fourth-order valence-corrected chi connectivity index (χ4v) is 4.71. The number of sulfonamides is 1. The van der Waals surface area contributed by atoms with E-state index >= 15 is 0 Å². The Morgan fingerprint density at radius 2 is 1.70 bits per heavy atom. The summed E-state index contributed by atoms with van der Waals surface area (Å²) in [6.07, 6.45) is 1.37. The van der Waals surface area contributed by atoms with E-state index in [-0.39, 0.29) is 16.3 Å². The lowest BCUT2D eigenvalue weighted by Gasteiger charge is -2.24. The summed E-state index contributed by atoms with van der Waals surface area (Å²) >= 11 is 5.87. The fraction of sp³-hybridized carbons (Fsp3) is 0.174. The first-order valence-electron chi connectivity index (χ1n) is 10.1. The molecule has 1 amide bonds. The molecule has 0 aliphatic rings. The molecule has 0 heterocycles. The van der Waals surface area contributed by atoms with Crippen LogP contribution in [0.25, 0.3) is 0 Å². The molecule has 0 fully saturated rings. The lowest BCUT2D eigenvalue weighted by atomic mass is 10.1. The first-order valence-corrected chi connectivity index (χ1v) is 11.9. The molecule has 0 saturated carbocycles. The highest BCUT2D eigenvalue weighted by Crippen LogP contribution is 2.26. The molecule has 0 atom stereocenters. The van der Waals surface area contributed by atoms with Crippen LogP contribution >= 0.6 is 11.6 Å². The number of hydrogen-bond acceptors (Lipinski definition) is 5. The minimum absolute atomic E-state index is 0.0213. The van der Waals surface area contributed by atoms with E-state index < -0.39 is 27.4 Å². The second-order valence-corrected chi connectivity index (χ2v) is 9.48. The minimum atomic E-state index is -4.13. The second-order valence-electron chi connectivity index (χ2n) is 7.18. The van der Waals surface area contributed by atoms with Crippen LogP contribution in [0.4, 0.5) is 11.4 Å². The van der Waals surface area contributed by atoms with Crippen molar-refractivity contribution in [1.82, 2.24) is 5.32 Å². The van der Waals surface area contributed by atoms with Crippen molar-refractivity contribution in [1.29, 1.82) is 0 Å². The number of halogens is 1. The molecule has 3 aromatic rings. The molecule has 0 aromatic heterocycles. The van der Waals surface area contributed by atoms with Gasteiger partial charge < -0.3 is 5.32 Å². The molecule has 33 heavy (non-hydrogen) atoms. The van der Waals surface area contributed by atoms with E-state index in [0.717, 1.165) is 15.9 Å². The van der Waals surface area contributed by atoms with E-state index in [1.807, 2.05) is 12.1 Å². The van der Waals surface area contributed by atoms with Crippen LogP contribution < -0.4 is 9.62 Å². The number of carbonyl (C=O) groups is 1. The highest BCUT2D eigenvalue weighted by Gasteiger charge is 2.28. The third-order valence-corrected chi connectivity index (χ3v) is 6.86. The van der Waals surface area contributed by atoms with Crippen LogP contribution in [0.2, 0.25) is 5.02 Å². The van der Waals surface area contributed by atoms with Gasteiger partial charge in [-0.3, -0.25) is 19.2 Å². The smallest absolute Gasteiger partial charge is 0.271 e. The Morgan fingerprint density at radius 1 is 1.00 bits per heavy atom. The van der Waals surface area contributed by atoms with Gasteiger partial charge in [-0.2, -0.15) is 0 Å². The molecule has 1 N–H and O–H groups in total. The van der Waals surface area contributed by atoms with Crippen LogP contribution in [-0.4, -0.2) is 32.3 Å². The van der Waals surface area contributed by atoms with Crippen molar-refractivity contribution in [3.8, 4) is 0 Å². The summed E-state index contributed by atoms with van der Waals surface area (Å²) in [6.45, 7) is -0.172. The molecule has 172 valence electrons. The molecule has 8 nitrogen and oxygen atoms in total. The lowest BCUT2D eigenvalue weighted by molar-refractivity contribution is -0.384. The monoisotopic (exact) mass is 487 g/mol. The zero-order valence-corrected chi connectivity index (χ0v) is 19.1. The van der Waals surface area contributed by atoms with Crippen LogP contribution in [-0.2, 0) is 21.2 Å². The topological polar surface area (TPSA) is 110 Å². The first-order chi connectivity index (χ1) is 15.8. The van der Waals surface area contributed by atoms with Crippen LogP contribution in [0.3, 0.4) is 0 Å². The van der Waals surface area contributed by atoms with E-state index in [1.54, 1.807) is 30.3 Å². The van der Waals surface area contributed by atoms with Crippen LogP contribution in [0.1, 0.15) is 12.0 Å². The summed E-state index contributed by atoms with van der Waals surface area (Å²) in [5.41, 5.74) is 0.826. The van der Waals surface area contributed by atoms with Crippen LogP contribution in [0.5, 0.6) is 0 Å². The van der Waals surface area contributed by atoms with Crippen molar-refractivity contribution in [3.63, 3.8) is 0 Å². The molecule has 10 heteroatoms. The van der Waals surface area contributed by atoms with Gasteiger partial charge in [0.15, 0.2) is 0 Å². The molecular formula is C23H22ClN3O5S. The number of non-ortho nitro benzene ring substituents is 1. The van der Waals surface area contributed by atoms with Crippen molar-refractivity contribution < 1.29 is 18.1 Å². The molecule has 0 aliphatic carbocycles. The zero-order chi connectivity index (χ0) is 23.8. The number of hydrogen-bond donors (Lipinski definition) is 1. The number of amides is 1. The Labute approximate surface area is 197 Å². The van der Waals surface area contributed by atoms with Crippen molar-refractivity contribution >= 4 is 38.9 Å². The zero-order valence-electron chi connectivity index (χ0n) is 17.6. The molecule has 0 aliphatic heterocycles. The quantitative estimate of drug-likeness (QED) is 0.262. The van der Waals surface area contributed by atoms with Crippen LogP contribution in [0.15, 0.2) is 83.8 Å². The van der Waals surface area contributed by atoms with Crippen LogP contribution in [0, 0.1) is 10.1 Å². The largest absolute Gasteiger partial charge is 0.355 e. The van der Waals surface area contributed by atoms with Gasteiger partial charge in [0.25, 0.3) is 15.7 Å². The Kier molecular flexibility index (Phi) is 8.02. The van der Waals surface area contributed by atoms with E-state index in [4.69, 9.17) is 11.6 Å². The predicted octanol–water partition coefficient (Wildman–Crippen LogP) is 4.19. The average Bonchev–Trinajstić information content (AvgIpc) is 2.82. The standard InChI is InChI=1S/C23H22ClN3O5S/c24-19-13-11-18(12-14-19)6-5-15-25-23(28)17-26(20-7-4-8-21(16-20)27(29)30)33(31,32)22-9-2-1-3-10-22/h1-4,7-14,16H,5-6,15,17H2,(H,25,28). The van der Waals surface area contributed by atoms with Gasteiger partial charge in [0.1, 0.15) is 6.54 Å². The third kappa shape index (κ3) is 6.53. The highest BCUT2D eigenvalue weighted by molar-refractivity contribution is 7.92. The van der Waals surface area contributed by atoms with Gasteiger partial charge in [0, 0.05) is 23.7 Å². The summed E-state index contributed by atoms with van der Waals surface area (Å²) in [5.74, 6) is -0.517. The van der Waals surface area contributed by atoms with Gasteiger partial charge in [-0.15, -0.1) is 0 Å². The minimum Gasteiger partial charge on any atom is -0.355 e. The number of aryl methyl sites for hydroxylation is 1. The Morgan fingerprint density at radius 3 is 2.36 bits per heavy atom. The summed E-state index contributed by atoms with van der Waals surface area (Å²) in [4.78, 5) is 23.2. The number of anilines is 1. The third-order valence-electron chi connectivity index (χ3n) is 4.82. The van der Waals surface area contributed by atoms with Crippen molar-refractivity contribution in [2.45, 2.75) is 17.7 Å². The highest BCUT2D eigenvalue weighted by atomic mass is 35.5. The average molecular weight is 488 g/mol. The molecular weight excluding hydrogens is 466 g/mol. The van der Waals surface area contributed by atoms with Gasteiger partial charge in [-0.25, -0.2) is 8.42 Å². The maximum atomic E-state index is 13.3. The Hall–Kier alpha value is -3.43. The Balaban J connectivity index is 1.74. The van der Waals surface area contributed by atoms with E-state index in [9.17, 15) is 23.3 Å². The van der Waals surface area contributed by atoms with E-state index in [2.05, 4.69) is 5.32 Å². The number of nitro benzene ring substituents is 1. The van der Waals surface area contributed by atoms with E-state index in [1.165, 1.54) is 30.3 Å². The van der Waals surface area contributed by atoms with Gasteiger partial charge in [0.05, 0.1) is 15.5 Å². The number of carbonyl (C=O) groups excluding carboxylic acids is 1. The molecule has 0 saturated heterocycles. The van der Waals surface area contributed by atoms with Gasteiger partial charge in [-0.1, -0.05) is 48.0 Å². The molecule has 0 bridgehead atoms. The second kappa shape index (κ2) is 10.9. The SMILES string of the molecule is O=C(CN(c1cccc([N+](=O)[O-])c1)S(=O)(=O)c1ccccc1)NCCCc1ccc(Cl)cc1. The number of rotatable bonds is 10. The van der Waals surface area contributed by atoms with Crippen molar-refractivity contribution in [3.05, 3.63) is 99.6 Å². The van der Waals surface area contributed by atoms with Crippen molar-refractivity contribution in [2.75, 3.05) is 17.4 Å². The van der Waals surface area contributed by atoms with Gasteiger partial charge in [-0.05, 0) is 48.7 Å². The Bertz CT molecular complexity index is 1220. The maximum absolute atomic E-state index is 13.3. The fourth-order valence-electron chi connectivity index (χ4n) is 3.15. The first kappa shape index (κ1) is 24.2. The van der Waals surface area contributed by atoms with Gasteiger partial charge in [0.2, 0.25) is 5.91 Å². The van der Waals surface area contributed by atoms with Gasteiger partial charge >= 0.3 is 0 Å². The summed E-state index contributed by atoms with van der Waals surface area (Å²) in [6, 6.07) is 20.2. The molecule has 0 spiro atoms. The normalized spacial score (nSPS) is 11.1. The number of nitrogens with zero attached hydrogens (tertiary/aromatic N) is 2. The molecule has 3 aromatic carbocycles. The number of nitro groups is 1. The predicted molar refractivity (Wildman–Crippen MR) is 127 cm³/mol. The summed E-state index contributed by atoms with van der Waals surface area (Å²) in [7, 11) is -4.13. The van der Waals surface area contributed by atoms with E-state index in [0.29, 0.717) is 24.4 Å². The number of benzene rings is 3. The summed E-state index contributed by atoms with van der Waals surface area (Å²) in [5, 5.41) is 14.5. The number of nitrogens with one attached hydrogen (secondary N) is 1. The summed E-state index contributed by atoms with van der Waals surface area (Å²) < 4.78 is 27.4. The maximum Gasteiger partial charge on any atom is 0.271 e. The molecule has 0 unspecified atom stereocenters. The molecule has 3 rings (SSSR count). The lowest BCUT2D eigenvalue weighted by Crippen LogP contribution is -2.41. The molecule has 0 radical (unpaired) electrons. The van der Waals surface area contributed by atoms with Crippen molar-refractivity contribution in [2.24, 2.45) is 0 Å².